The van der Waals surface area contributed by atoms with Gasteiger partial charge < -0.3 is 10.5 Å². The van der Waals surface area contributed by atoms with E-state index in [-0.39, 0.29) is 12.1 Å². The van der Waals surface area contributed by atoms with Crippen LogP contribution in [0.2, 0.25) is 0 Å². The monoisotopic (exact) mass is 205 g/mol. The van der Waals surface area contributed by atoms with Gasteiger partial charge in [-0.2, -0.15) is 0 Å². The molecule has 2 N–H and O–H groups in total. The normalized spacial score (nSPS) is 24.1. The summed E-state index contributed by atoms with van der Waals surface area (Å²) in [5.74, 6) is 1.52. The number of fused-ring (bicyclic) bond motifs is 1. The van der Waals surface area contributed by atoms with Crippen molar-refractivity contribution < 1.29 is 4.74 Å². The fourth-order valence-electron chi connectivity index (χ4n) is 2.21. The SMILES string of the molecule is Cc1ccc(C(C)C)c2c1C(N)C(C)O2. The zero-order valence-electron chi connectivity index (χ0n) is 9.87. The average Bonchev–Trinajstić information content (AvgIpc) is 2.44. The fourth-order valence-corrected chi connectivity index (χ4v) is 2.21. The van der Waals surface area contributed by atoms with E-state index in [2.05, 4.69) is 32.9 Å². The summed E-state index contributed by atoms with van der Waals surface area (Å²) in [6.07, 6.45) is 0.0959. The van der Waals surface area contributed by atoms with Crippen molar-refractivity contribution in [2.24, 2.45) is 5.73 Å². The Labute approximate surface area is 91.4 Å². The lowest BCUT2D eigenvalue weighted by Crippen LogP contribution is -2.21. The summed E-state index contributed by atoms with van der Waals surface area (Å²) >= 11 is 0. The first kappa shape index (κ1) is 10.5. The molecule has 0 fully saturated rings. The molecule has 1 heterocycles. The predicted molar refractivity (Wildman–Crippen MR) is 62.3 cm³/mol. The number of hydrogen-bond acceptors (Lipinski definition) is 2. The first-order valence-corrected chi connectivity index (χ1v) is 5.58. The van der Waals surface area contributed by atoms with Crippen molar-refractivity contribution in [1.82, 2.24) is 0 Å². The zero-order chi connectivity index (χ0) is 11.2. The fraction of sp³-hybridized carbons (Fsp3) is 0.538. The minimum Gasteiger partial charge on any atom is -0.488 e. The number of nitrogens with two attached hydrogens (primary N) is 1. The largest absolute Gasteiger partial charge is 0.488 e. The molecular weight excluding hydrogens is 186 g/mol. The van der Waals surface area contributed by atoms with E-state index in [0.29, 0.717) is 5.92 Å². The standard InChI is InChI=1S/C13H19NO/c1-7(2)10-6-5-8(3)11-12(14)9(4)15-13(10)11/h5-7,9,12H,14H2,1-4H3. The van der Waals surface area contributed by atoms with E-state index in [1.54, 1.807) is 0 Å². The van der Waals surface area contributed by atoms with E-state index >= 15 is 0 Å². The van der Waals surface area contributed by atoms with E-state index in [4.69, 9.17) is 10.5 Å². The molecule has 2 rings (SSSR count). The lowest BCUT2D eigenvalue weighted by atomic mass is 9.93. The molecule has 15 heavy (non-hydrogen) atoms. The number of benzene rings is 1. The second-order valence-corrected chi connectivity index (χ2v) is 4.72. The number of rotatable bonds is 1. The van der Waals surface area contributed by atoms with Gasteiger partial charge in [-0.3, -0.25) is 0 Å². The summed E-state index contributed by atoms with van der Waals surface area (Å²) in [6.45, 7) is 8.50. The highest BCUT2D eigenvalue weighted by Gasteiger charge is 2.31. The Balaban J connectivity index is 2.59. The van der Waals surface area contributed by atoms with Crippen molar-refractivity contribution >= 4 is 0 Å². The summed E-state index contributed by atoms with van der Waals surface area (Å²) in [7, 11) is 0. The molecule has 0 spiro atoms. The molecule has 0 saturated carbocycles. The molecule has 82 valence electrons. The van der Waals surface area contributed by atoms with Crippen LogP contribution in [0.25, 0.3) is 0 Å². The third-order valence-electron chi connectivity index (χ3n) is 3.21. The second-order valence-electron chi connectivity index (χ2n) is 4.72. The Morgan fingerprint density at radius 2 is 2.00 bits per heavy atom. The molecule has 0 aliphatic carbocycles. The maximum atomic E-state index is 6.13. The average molecular weight is 205 g/mol. The lowest BCUT2D eigenvalue weighted by Gasteiger charge is -2.13. The Morgan fingerprint density at radius 1 is 1.33 bits per heavy atom. The van der Waals surface area contributed by atoms with Gasteiger partial charge in [-0.25, -0.2) is 0 Å². The van der Waals surface area contributed by atoms with E-state index in [1.807, 2.05) is 6.92 Å². The molecule has 2 unspecified atom stereocenters. The highest BCUT2D eigenvalue weighted by atomic mass is 16.5. The molecule has 1 aliphatic rings. The topological polar surface area (TPSA) is 35.2 Å². The quantitative estimate of drug-likeness (QED) is 0.765. The Bertz CT molecular complexity index is 384. The molecule has 0 bridgehead atoms. The highest BCUT2D eigenvalue weighted by molar-refractivity contribution is 5.52. The van der Waals surface area contributed by atoms with Crippen LogP contribution in [0.4, 0.5) is 0 Å². The van der Waals surface area contributed by atoms with Gasteiger partial charge in [0.05, 0.1) is 6.04 Å². The van der Waals surface area contributed by atoms with Crippen LogP contribution >= 0.6 is 0 Å². The predicted octanol–water partition coefficient (Wildman–Crippen LogP) is 2.90. The van der Waals surface area contributed by atoms with E-state index < -0.39 is 0 Å². The molecule has 2 nitrogen and oxygen atoms in total. The first-order chi connectivity index (χ1) is 7.02. The molecule has 2 heteroatoms. The smallest absolute Gasteiger partial charge is 0.128 e. The van der Waals surface area contributed by atoms with E-state index in [1.165, 1.54) is 16.7 Å². The molecule has 2 atom stereocenters. The van der Waals surface area contributed by atoms with Gasteiger partial charge in [-0.05, 0) is 30.9 Å². The van der Waals surface area contributed by atoms with Crippen LogP contribution in [-0.4, -0.2) is 6.10 Å². The number of ether oxygens (including phenoxy) is 1. The Kier molecular flexibility index (Phi) is 2.47. The van der Waals surface area contributed by atoms with Gasteiger partial charge in [0, 0.05) is 5.56 Å². The highest BCUT2D eigenvalue weighted by Crippen LogP contribution is 2.42. The maximum Gasteiger partial charge on any atom is 0.128 e. The molecule has 0 saturated heterocycles. The summed E-state index contributed by atoms with van der Waals surface area (Å²) in [5.41, 5.74) is 9.85. The zero-order valence-corrected chi connectivity index (χ0v) is 9.87. The minimum atomic E-state index is 0.0266. The van der Waals surface area contributed by atoms with Gasteiger partial charge in [0.25, 0.3) is 0 Å². The van der Waals surface area contributed by atoms with Gasteiger partial charge in [-0.15, -0.1) is 0 Å². The summed E-state index contributed by atoms with van der Waals surface area (Å²) in [6, 6.07) is 4.33. The summed E-state index contributed by atoms with van der Waals surface area (Å²) in [4.78, 5) is 0. The van der Waals surface area contributed by atoms with Crippen LogP contribution in [0.5, 0.6) is 5.75 Å². The molecule has 0 amide bonds. The molecule has 1 aromatic carbocycles. The van der Waals surface area contributed by atoms with Crippen molar-refractivity contribution in [3.05, 3.63) is 28.8 Å². The summed E-state index contributed by atoms with van der Waals surface area (Å²) < 4.78 is 5.87. The van der Waals surface area contributed by atoms with Crippen molar-refractivity contribution in [3.8, 4) is 5.75 Å². The van der Waals surface area contributed by atoms with Crippen LogP contribution in [0, 0.1) is 6.92 Å². The third kappa shape index (κ3) is 1.53. The number of aryl methyl sites for hydroxylation is 1. The van der Waals surface area contributed by atoms with Crippen LogP contribution in [-0.2, 0) is 0 Å². The molecule has 1 aromatic rings. The van der Waals surface area contributed by atoms with Crippen molar-refractivity contribution in [3.63, 3.8) is 0 Å². The molecule has 1 aliphatic heterocycles. The molecule has 0 radical (unpaired) electrons. The minimum absolute atomic E-state index is 0.0266. The van der Waals surface area contributed by atoms with Gasteiger partial charge >= 0.3 is 0 Å². The van der Waals surface area contributed by atoms with Gasteiger partial charge in [0.2, 0.25) is 0 Å². The van der Waals surface area contributed by atoms with Crippen LogP contribution in [0.3, 0.4) is 0 Å². The van der Waals surface area contributed by atoms with Crippen molar-refractivity contribution in [2.75, 3.05) is 0 Å². The Morgan fingerprint density at radius 3 is 2.60 bits per heavy atom. The van der Waals surface area contributed by atoms with Gasteiger partial charge in [-0.1, -0.05) is 26.0 Å². The van der Waals surface area contributed by atoms with Gasteiger partial charge in [0.15, 0.2) is 0 Å². The molecular formula is C13H19NO. The van der Waals surface area contributed by atoms with Crippen LogP contribution in [0.15, 0.2) is 12.1 Å². The van der Waals surface area contributed by atoms with E-state index in [0.717, 1.165) is 5.75 Å². The van der Waals surface area contributed by atoms with Crippen LogP contribution < -0.4 is 10.5 Å². The van der Waals surface area contributed by atoms with Crippen molar-refractivity contribution in [1.29, 1.82) is 0 Å². The van der Waals surface area contributed by atoms with Gasteiger partial charge in [0.1, 0.15) is 11.9 Å². The Hall–Kier alpha value is -1.02. The third-order valence-corrected chi connectivity index (χ3v) is 3.21. The second kappa shape index (κ2) is 3.53. The van der Waals surface area contributed by atoms with E-state index in [9.17, 15) is 0 Å². The summed E-state index contributed by atoms with van der Waals surface area (Å²) in [5, 5.41) is 0. The lowest BCUT2D eigenvalue weighted by molar-refractivity contribution is 0.226. The molecule has 0 aromatic heterocycles. The van der Waals surface area contributed by atoms with Crippen LogP contribution in [0.1, 0.15) is 49.4 Å². The number of hydrogen-bond donors (Lipinski definition) is 1. The first-order valence-electron chi connectivity index (χ1n) is 5.58. The van der Waals surface area contributed by atoms with Crippen molar-refractivity contribution in [2.45, 2.75) is 45.8 Å². The maximum absolute atomic E-state index is 6.13.